The third-order valence-corrected chi connectivity index (χ3v) is 3.09. The zero-order valence-electron chi connectivity index (χ0n) is 12.2. The predicted octanol–water partition coefficient (Wildman–Crippen LogP) is 2.26. The van der Waals surface area contributed by atoms with Gasteiger partial charge in [-0.25, -0.2) is 0 Å². The molecular formula is C15H24O5. The van der Waals surface area contributed by atoms with Gasteiger partial charge in [0.05, 0.1) is 31.5 Å². The standard InChI is InChI=1S/C15H24O5/c1-11(4-3-5-12(2)17)6-7-19-15-9-13(18)8-14(10-16)20-15/h5-6,14-17H,3-4,7-10H2,1-2H3/b11-6+,12-5+/t14-,15?/m0/s1. The van der Waals surface area contributed by atoms with Crippen LogP contribution in [0.25, 0.3) is 0 Å². The molecule has 0 amide bonds. The maximum Gasteiger partial charge on any atom is 0.165 e. The monoisotopic (exact) mass is 284 g/mol. The maximum absolute atomic E-state index is 11.4. The Kier molecular flexibility index (Phi) is 7.51. The Morgan fingerprint density at radius 1 is 1.40 bits per heavy atom. The number of Topliss-reactive ketones (excluding diaryl/α,β-unsaturated/α-hetero) is 1. The summed E-state index contributed by atoms with van der Waals surface area (Å²) in [6, 6.07) is 0. The van der Waals surface area contributed by atoms with Gasteiger partial charge in [0.15, 0.2) is 6.29 Å². The fourth-order valence-corrected chi connectivity index (χ4v) is 1.95. The van der Waals surface area contributed by atoms with Crippen LogP contribution in [0.4, 0.5) is 0 Å². The molecule has 1 fully saturated rings. The van der Waals surface area contributed by atoms with E-state index in [0.29, 0.717) is 12.4 Å². The lowest BCUT2D eigenvalue weighted by Gasteiger charge is -2.27. The van der Waals surface area contributed by atoms with Crippen LogP contribution in [-0.2, 0) is 14.3 Å². The van der Waals surface area contributed by atoms with Crippen LogP contribution in [0.3, 0.4) is 0 Å². The number of ketones is 1. The summed E-state index contributed by atoms with van der Waals surface area (Å²) < 4.78 is 10.9. The summed E-state index contributed by atoms with van der Waals surface area (Å²) in [7, 11) is 0. The summed E-state index contributed by atoms with van der Waals surface area (Å²) in [4.78, 5) is 11.4. The average Bonchev–Trinajstić information content (AvgIpc) is 2.37. The van der Waals surface area contributed by atoms with E-state index in [2.05, 4.69) is 0 Å². The third kappa shape index (κ3) is 6.84. The minimum Gasteiger partial charge on any atom is -0.513 e. The lowest BCUT2D eigenvalue weighted by Crippen LogP contribution is -2.36. The van der Waals surface area contributed by atoms with Crippen LogP contribution >= 0.6 is 0 Å². The van der Waals surface area contributed by atoms with Gasteiger partial charge in [0, 0.05) is 6.42 Å². The Balaban J connectivity index is 2.28. The highest BCUT2D eigenvalue weighted by Gasteiger charge is 2.27. The van der Waals surface area contributed by atoms with E-state index in [4.69, 9.17) is 19.7 Å². The Bertz CT molecular complexity index is 368. The Labute approximate surface area is 119 Å². The Hall–Kier alpha value is -1.17. The van der Waals surface area contributed by atoms with E-state index >= 15 is 0 Å². The smallest absolute Gasteiger partial charge is 0.165 e. The quantitative estimate of drug-likeness (QED) is 0.554. The SMILES string of the molecule is C/C(O)=C\CC/C(C)=C/COC1CC(=O)C[C@@H](CO)O1. The molecule has 1 unspecified atom stereocenters. The van der Waals surface area contributed by atoms with Gasteiger partial charge in [-0.3, -0.25) is 4.79 Å². The Morgan fingerprint density at radius 3 is 2.80 bits per heavy atom. The highest BCUT2D eigenvalue weighted by atomic mass is 16.7. The normalized spacial score (nSPS) is 25.1. The molecule has 1 aliphatic rings. The second kappa shape index (κ2) is 8.89. The van der Waals surface area contributed by atoms with Gasteiger partial charge in [-0.05, 0) is 32.8 Å². The molecule has 2 atom stereocenters. The van der Waals surface area contributed by atoms with Gasteiger partial charge < -0.3 is 19.7 Å². The number of carbonyl (C=O) groups is 1. The van der Waals surface area contributed by atoms with Crippen molar-refractivity contribution in [2.75, 3.05) is 13.2 Å². The van der Waals surface area contributed by atoms with Crippen LogP contribution in [0.1, 0.15) is 39.5 Å². The zero-order chi connectivity index (χ0) is 15.0. The molecule has 0 aromatic heterocycles. The van der Waals surface area contributed by atoms with Gasteiger partial charge in [0.25, 0.3) is 0 Å². The van der Waals surface area contributed by atoms with Crippen molar-refractivity contribution in [3.63, 3.8) is 0 Å². The molecule has 2 N–H and O–H groups in total. The molecular weight excluding hydrogens is 260 g/mol. The van der Waals surface area contributed by atoms with E-state index in [1.165, 1.54) is 0 Å². The van der Waals surface area contributed by atoms with Crippen molar-refractivity contribution in [2.24, 2.45) is 0 Å². The van der Waals surface area contributed by atoms with Crippen LogP contribution in [-0.4, -0.2) is 41.6 Å². The number of hydrogen-bond acceptors (Lipinski definition) is 5. The van der Waals surface area contributed by atoms with Crippen LogP contribution in [0, 0.1) is 0 Å². The average molecular weight is 284 g/mol. The van der Waals surface area contributed by atoms with Crippen molar-refractivity contribution in [3.05, 3.63) is 23.5 Å². The van der Waals surface area contributed by atoms with Crippen molar-refractivity contribution < 1.29 is 24.5 Å². The zero-order valence-corrected chi connectivity index (χ0v) is 12.2. The van der Waals surface area contributed by atoms with Crippen molar-refractivity contribution in [2.45, 2.75) is 51.9 Å². The molecule has 20 heavy (non-hydrogen) atoms. The molecule has 0 saturated carbocycles. The number of allylic oxidation sites excluding steroid dienone is 3. The lowest BCUT2D eigenvalue weighted by atomic mass is 10.1. The van der Waals surface area contributed by atoms with Crippen LogP contribution < -0.4 is 0 Å². The summed E-state index contributed by atoms with van der Waals surface area (Å²) in [5.41, 5.74) is 1.16. The van der Waals surface area contributed by atoms with Crippen molar-refractivity contribution in [1.29, 1.82) is 0 Å². The van der Waals surface area contributed by atoms with E-state index in [1.807, 2.05) is 13.0 Å². The molecule has 0 aromatic rings. The highest BCUT2D eigenvalue weighted by molar-refractivity contribution is 5.79. The number of hydrogen-bond donors (Lipinski definition) is 2. The third-order valence-electron chi connectivity index (χ3n) is 3.09. The van der Waals surface area contributed by atoms with E-state index in [9.17, 15) is 4.79 Å². The Morgan fingerprint density at radius 2 is 2.15 bits per heavy atom. The molecule has 5 nitrogen and oxygen atoms in total. The maximum atomic E-state index is 11.4. The topological polar surface area (TPSA) is 76.0 Å². The number of aliphatic hydroxyl groups excluding tert-OH is 2. The van der Waals surface area contributed by atoms with E-state index < -0.39 is 12.4 Å². The molecule has 0 bridgehead atoms. The summed E-state index contributed by atoms with van der Waals surface area (Å²) in [6.07, 6.45) is 4.86. The van der Waals surface area contributed by atoms with E-state index in [0.717, 1.165) is 18.4 Å². The highest BCUT2D eigenvalue weighted by Crippen LogP contribution is 2.17. The molecule has 1 rings (SSSR count). The minimum atomic E-state index is -0.558. The minimum absolute atomic E-state index is 0.0598. The molecule has 0 aliphatic carbocycles. The van der Waals surface area contributed by atoms with Crippen LogP contribution in [0.15, 0.2) is 23.5 Å². The predicted molar refractivity (Wildman–Crippen MR) is 75.3 cm³/mol. The van der Waals surface area contributed by atoms with Gasteiger partial charge in [-0.2, -0.15) is 0 Å². The number of ether oxygens (including phenoxy) is 2. The van der Waals surface area contributed by atoms with Crippen molar-refractivity contribution in [3.8, 4) is 0 Å². The van der Waals surface area contributed by atoms with Crippen LogP contribution in [0.2, 0.25) is 0 Å². The second-order valence-electron chi connectivity index (χ2n) is 5.09. The molecule has 0 radical (unpaired) electrons. The van der Waals surface area contributed by atoms with Crippen molar-refractivity contribution in [1.82, 2.24) is 0 Å². The fraction of sp³-hybridized carbons (Fsp3) is 0.667. The fourth-order valence-electron chi connectivity index (χ4n) is 1.95. The molecule has 1 heterocycles. The number of aliphatic hydroxyl groups is 2. The molecule has 0 aromatic carbocycles. The lowest BCUT2D eigenvalue weighted by molar-refractivity contribution is -0.196. The largest absolute Gasteiger partial charge is 0.513 e. The molecule has 114 valence electrons. The molecule has 1 aliphatic heterocycles. The van der Waals surface area contributed by atoms with Gasteiger partial charge in [-0.15, -0.1) is 0 Å². The summed E-state index contributed by atoms with van der Waals surface area (Å²) in [5, 5.41) is 18.0. The first-order valence-corrected chi connectivity index (χ1v) is 6.92. The number of rotatable bonds is 7. The number of carbonyl (C=O) groups excluding carboxylic acids is 1. The first kappa shape index (κ1) is 16.9. The van der Waals surface area contributed by atoms with Gasteiger partial charge in [0.2, 0.25) is 0 Å². The van der Waals surface area contributed by atoms with Gasteiger partial charge >= 0.3 is 0 Å². The summed E-state index contributed by atoms with van der Waals surface area (Å²) in [5.74, 6) is 0.391. The first-order valence-electron chi connectivity index (χ1n) is 6.92. The molecule has 1 saturated heterocycles. The van der Waals surface area contributed by atoms with Gasteiger partial charge in [0.1, 0.15) is 5.78 Å². The molecule has 0 spiro atoms. The van der Waals surface area contributed by atoms with Crippen molar-refractivity contribution >= 4 is 5.78 Å². The summed E-state index contributed by atoms with van der Waals surface area (Å²) in [6.45, 7) is 3.86. The van der Waals surface area contributed by atoms with Gasteiger partial charge in [-0.1, -0.05) is 11.6 Å². The van der Waals surface area contributed by atoms with Crippen LogP contribution in [0.5, 0.6) is 0 Å². The molecule has 5 heteroatoms. The van der Waals surface area contributed by atoms with E-state index in [-0.39, 0.29) is 25.2 Å². The first-order chi connectivity index (χ1) is 9.51. The van der Waals surface area contributed by atoms with E-state index in [1.54, 1.807) is 13.0 Å². The second-order valence-corrected chi connectivity index (χ2v) is 5.09. The summed E-state index contributed by atoms with van der Waals surface area (Å²) >= 11 is 0.